The number of alkyl halides is 3. The molecule has 4 aromatic heterocycles. The van der Waals surface area contributed by atoms with Gasteiger partial charge in [0.05, 0.1) is 24.9 Å². The van der Waals surface area contributed by atoms with Crippen LogP contribution in [0.5, 0.6) is 0 Å². The minimum atomic E-state index is -4.52. The number of nitrogens with one attached hydrogen (secondary N) is 1. The van der Waals surface area contributed by atoms with Crippen LogP contribution >= 0.6 is 0 Å². The number of rotatable bonds is 6. The third-order valence-electron chi connectivity index (χ3n) is 7.30. The number of fused-ring (bicyclic) bond motifs is 1. The molecule has 2 aliphatic heterocycles. The predicted octanol–water partition coefficient (Wildman–Crippen LogP) is 3.12. The highest BCUT2D eigenvalue weighted by atomic mass is 19.4. The van der Waals surface area contributed by atoms with Crippen LogP contribution in [0.25, 0.3) is 16.8 Å². The summed E-state index contributed by atoms with van der Waals surface area (Å²) in [7, 11) is 0. The second kappa shape index (κ2) is 10.5. The molecule has 2 atom stereocenters. The van der Waals surface area contributed by atoms with Crippen molar-refractivity contribution in [1.29, 1.82) is 0 Å². The molecule has 2 fully saturated rings. The lowest BCUT2D eigenvalue weighted by Gasteiger charge is -2.30. The molecule has 0 bridgehead atoms. The van der Waals surface area contributed by atoms with Crippen LogP contribution < -0.4 is 11.1 Å². The number of pyridine rings is 2. The quantitative estimate of drug-likeness (QED) is 0.370. The van der Waals surface area contributed by atoms with Gasteiger partial charge in [0.1, 0.15) is 11.4 Å². The normalized spacial score (nSPS) is 19.2. The summed E-state index contributed by atoms with van der Waals surface area (Å²) < 4.78 is 53.5. The van der Waals surface area contributed by atoms with Crippen LogP contribution in [-0.2, 0) is 15.7 Å². The van der Waals surface area contributed by atoms with Gasteiger partial charge in [-0.25, -0.2) is 4.52 Å². The van der Waals surface area contributed by atoms with E-state index >= 15 is 0 Å². The van der Waals surface area contributed by atoms with Crippen molar-refractivity contribution in [2.45, 2.75) is 37.5 Å². The number of hydrogen-bond acceptors (Lipinski definition) is 8. The number of carbonyl (C=O) groups is 1. The van der Waals surface area contributed by atoms with Crippen LogP contribution in [0.2, 0.25) is 0 Å². The fourth-order valence-corrected chi connectivity index (χ4v) is 5.30. The molecular formula is C26H27F3N8O3. The number of hydrogen-bond donors (Lipinski definition) is 2. The smallest absolute Gasteiger partial charge is 0.381 e. The van der Waals surface area contributed by atoms with E-state index in [1.165, 1.54) is 16.8 Å². The number of halogens is 3. The number of amides is 1. The molecule has 1 amide bonds. The molecule has 2 saturated heterocycles. The van der Waals surface area contributed by atoms with Crippen molar-refractivity contribution in [3.05, 3.63) is 59.8 Å². The molecule has 4 aromatic rings. The van der Waals surface area contributed by atoms with Gasteiger partial charge < -0.3 is 20.5 Å². The van der Waals surface area contributed by atoms with Crippen LogP contribution in [0.4, 0.5) is 19.1 Å². The van der Waals surface area contributed by atoms with Crippen LogP contribution in [0.3, 0.4) is 0 Å². The van der Waals surface area contributed by atoms with Gasteiger partial charge in [0.25, 0.3) is 5.91 Å². The molecule has 11 nitrogen and oxygen atoms in total. The van der Waals surface area contributed by atoms with Gasteiger partial charge in [0.2, 0.25) is 5.95 Å². The van der Waals surface area contributed by atoms with Crippen LogP contribution in [0.1, 0.15) is 47.1 Å². The van der Waals surface area contributed by atoms with Crippen LogP contribution in [0.15, 0.2) is 42.9 Å². The van der Waals surface area contributed by atoms with Crippen molar-refractivity contribution < 1.29 is 27.4 Å². The maximum Gasteiger partial charge on any atom is 0.433 e. The first kappa shape index (κ1) is 26.2. The zero-order valence-electron chi connectivity index (χ0n) is 21.3. The molecule has 0 spiro atoms. The highest BCUT2D eigenvalue weighted by molar-refractivity contribution is 5.95. The molecule has 0 saturated carbocycles. The Kier molecular flexibility index (Phi) is 6.88. The summed E-state index contributed by atoms with van der Waals surface area (Å²) in [5.74, 6) is -0.232. The van der Waals surface area contributed by atoms with E-state index in [9.17, 15) is 18.0 Å². The second-order valence-electron chi connectivity index (χ2n) is 9.98. The van der Waals surface area contributed by atoms with Gasteiger partial charge >= 0.3 is 6.18 Å². The first-order valence-corrected chi connectivity index (χ1v) is 13.0. The van der Waals surface area contributed by atoms with E-state index in [2.05, 4.69) is 25.5 Å². The third-order valence-corrected chi connectivity index (χ3v) is 7.30. The molecule has 2 unspecified atom stereocenters. The Hall–Kier alpha value is -4.04. The summed E-state index contributed by atoms with van der Waals surface area (Å²) in [6.45, 7) is 2.13. The van der Waals surface area contributed by atoms with Gasteiger partial charge in [-0.05, 0) is 54.5 Å². The lowest BCUT2D eigenvalue weighted by Crippen LogP contribution is -2.36. The molecule has 14 heteroatoms. The molecular weight excluding hydrogens is 529 g/mol. The topological polar surface area (TPSA) is 134 Å². The molecule has 0 aromatic carbocycles. The average Bonchev–Trinajstić information content (AvgIpc) is 3.70. The van der Waals surface area contributed by atoms with Crippen molar-refractivity contribution in [3.63, 3.8) is 0 Å². The Bertz CT molecular complexity index is 1510. The maximum absolute atomic E-state index is 13.2. The number of nitrogen functional groups attached to an aromatic ring is 1. The van der Waals surface area contributed by atoms with Crippen molar-refractivity contribution in [2.24, 2.45) is 5.92 Å². The van der Waals surface area contributed by atoms with E-state index in [1.807, 2.05) is 6.20 Å². The minimum absolute atomic E-state index is 0.0282. The summed E-state index contributed by atoms with van der Waals surface area (Å²) >= 11 is 0. The number of anilines is 1. The molecule has 0 radical (unpaired) electrons. The zero-order chi connectivity index (χ0) is 27.9. The summed E-state index contributed by atoms with van der Waals surface area (Å²) in [5, 5.41) is 11.7. The molecule has 6 rings (SSSR count). The minimum Gasteiger partial charge on any atom is -0.381 e. The van der Waals surface area contributed by atoms with E-state index in [0.29, 0.717) is 55.2 Å². The molecule has 210 valence electrons. The number of aromatic nitrogens is 6. The van der Waals surface area contributed by atoms with Gasteiger partial charge in [-0.15, -0.1) is 5.10 Å². The maximum atomic E-state index is 13.2. The lowest BCUT2D eigenvalue weighted by molar-refractivity contribution is -0.141. The highest BCUT2D eigenvalue weighted by Gasteiger charge is 2.34. The summed E-state index contributed by atoms with van der Waals surface area (Å²) in [5.41, 5.74) is 7.52. The number of ether oxygens (including phenoxy) is 2. The van der Waals surface area contributed by atoms with E-state index < -0.39 is 11.9 Å². The summed E-state index contributed by atoms with van der Waals surface area (Å²) in [6.07, 6.45) is 2.38. The Labute approximate surface area is 226 Å². The van der Waals surface area contributed by atoms with Gasteiger partial charge in [0.15, 0.2) is 5.65 Å². The summed E-state index contributed by atoms with van der Waals surface area (Å²) in [6, 6.07) is 5.44. The second-order valence-corrected chi connectivity index (χ2v) is 9.98. The van der Waals surface area contributed by atoms with Crippen molar-refractivity contribution in [3.8, 4) is 11.1 Å². The Morgan fingerprint density at radius 3 is 2.58 bits per heavy atom. The van der Waals surface area contributed by atoms with Crippen molar-refractivity contribution >= 4 is 17.5 Å². The Balaban J connectivity index is 1.36. The summed E-state index contributed by atoms with van der Waals surface area (Å²) in [4.78, 5) is 21.1. The van der Waals surface area contributed by atoms with Gasteiger partial charge in [-0.3, -0.25) is 14.5 Å². The monoisotopic (exact) mass is 556 g/mol. The van der Waals surface area contributed by atoms with Crippen molar-refractivity contribution in [1.82, 2.24) is 34.7 Å². The Morgan fingerprint density at radius 1 is 1.07 bits per heavy atom. The van der Waals surface area contributed by atoms with E-state index in [4.69, 9.17) is 15.2 Å². The molecule has 6 heterocycles. The highest BCUT2D eigenvalue weighted by Crippen LogP contribution is 2.36. The third kappa shape index (κ3) is 5.23. The largest absolute Gasteiger partial charge is 0.433 e. The fraction of sp³-hybridized carbons (Fsp3) is 0.423. The van der Waals surface area contributed by atoms with Gasteiger partial charge in [-0.1, -0.05) is 6.07 Å². The fourth-order valence-electron chi connectivity index (χ4n) is 5.30. The average molecular weight is 557 g/mol. The van der Waals surface area contributed by atoms with E-state index in [1.54, 1.807) is 23.0 Å². The van der Waals surface area contributed by atoms with E-state index in [0.717, 1.165) is 18.9 Å². The van der Waals surface area contributed by atoms with Crippen molar-refractivity contribution in [2.75, 3.05) is 32.2 Å². The first-order chi connectivity index (χ1) is 19.3. The lowest BCUT2D eigenvalue weighted by atomic mass is 9.87. The SMILES string of the molecule is Nc1nc2cc(-c3cnn(C(c4ccc(C(F)(F)F)nc4)C4CCOCC4)c3)cc(C(=O)NC3CCOC3)n2n1. The molecule has 40 heavy (non-hydrogen) atoms. The first-order valence-electron chi connectivity index (χ1n) is 13.0. The standard InChI is InChI=1S/C26H27F3N8O3/c27-26(28,29)21-2-1-16(11-31-21)23(15-3-6-39-7-4-15)36-13-18(12-32-36)17-9-20(24(38)33-19-5-8-40-14-19)37-22(10-17)34-25(30)35-37/h1-2,9-13,15,19,23H,3-8,14H2,(H2,30,35)(H,33,38). The number of carbonyl (C=O) groups excluding carboxylic acids is 1. The van der Waals surface area contributed by atoms with Gasteiger partial charge in [0, 0.05) is 37.8 Å². The number of nitrogens with two attached hydrogens (primary N) is 1. The van der Waals surface area contributed by atoms with Crippen LogP contribution in [0, 0.1) is 5.92 Å². The zero-order valence-corrected chi connectivity index (χ0v) is 21.3. The Morgan fingerprint density at radius 2 is 1.88 bits per heavy atom. The molecule has 3 N–H and O–H groups in total. The van der Waals surface area contributed by atoms with Crippen LogP contribution in [-0.4, -0.2) is 67.7 Å². The molecule has 0 aliphatic carbocycles. The molecule has 2 aliphatic rings. The predicted molar refractivity (Wildman–Crippen MR) is 136 cm³/mol. The number of nitrogens with zero attached hydrogens (tertiary/aromatic N) is 6. The van der Waals surface area contributed by atoms with E-state index in [-0.39, 0.29) is 35.6 Å². The van der Waals surface area contributed by atoms with Gasteiger partial charge in [-0.2, -0.15) is 23.3 Å².